The van der Waals surface area contributed by atoms with E-state index >= 15 is 0 Å². The quantitative estimate of drug-likeness (QED) is 0.921. The summed E-state index contributed by atoms with van der Waals surface area (Å²) >= 11 is 1.82. The van der Waals surface area contributed by atoms with E-state index in [1.54, 1.807) is 0 Å². The first-order valence-corrected chi connectivity index (χ1v) is 8.73. The Hall–Kier alpha value is -0.910. The first-order valence-electron chi connectivity index (χ1n) is 7.85. The third-order valence-corrected chi connectivity index (χ3v) is 5.95. The SMILES string of the molecule is CC1(CN)CCN(CCC(=O)N2CCc3sccc3C2)C1. The number of hydrogen-bond acceptors (Lipinski definition) is 4. The molecule has 2 aliphatic heterocycles. The second-order valence-electron chi connectivity index (χ2n) is 6.73. The van der Waals surface area contributed by atoms with Crippen molar-refractivity contribution in [2.75, 3.05) is 32.7 Å². The number of carbonyl (C=O) groups is 1. The van der Waals surface area contributed by atoms with E-state index in [1.165, 1.54) is 10.4 Å². The van der Waals surface area contributed by atoms with Crippen LogP contribution in [-0.2, 0) is 17.8 Å². The Morgan fingerprint density at radius 2 is 2.33 bits per heavy atom. The van der Waals surface area contributed by atoms with Crippen molar-refractivity contribution < 1.29 is 4.79 Å². The van der Waals surface area contributed by atoms with Gasteiger partial charge in [-0.2, -0.15) is 0 Å². The number of amides is 1. The molecule has 1 saturated heterocycles. The largest absolute Gasteiger partial charge is 0.338 e. The molecule has 1 fully saturated rings. The minimum absolute atomic E-state index is 0.250. The van der Waals surface area contributed by atoms with Crippen LogP contribution in [0.3, 0.4) is 0 Å². The molecule has 3 heterocycles. The van der Waals surface area contributed by atoms with Gasteiger partial charge in [0.25, 0.3) is 0 Å². The van der Waals surface area contributed by atoms with Crippen LogP contribution in [0.1, 0.15) is 30.2 Å². The molecular weight excluding hydrogens is 282 g/mol. The fourth-order valence-corrected chi connectivity index (χ4v) is 4.25. The molecule has 1 unspecified atom stereocenters. The Labute approximate surface area is 130 Å². The van der Waals surface area contributed by atoms with Crippen molar-refractivity contribution >= 4 is 17.2 Å². The molecule has 2 aliphatic rings. The molecule has 0 bridgehead atoms. The van der Waals surface area contributed by atoms with Crippen LogP contribution in [0.25, 0.3) is 0 Å². The van der Waals surface area contributed by atoms with Crippen molar-refractivity contribution in [2.24, 2.45) is 11.1 Å². The number of thiophene rings is 1. The van der Waals surface area contributed by atoms with Crippen LogP contribution in [0.5, 0.6) is 0 Å². The highest BCUT2D eigenvalue weighted by molar-refractivity contribution is 7.10. The Balaban J connectivity index is 1.47. The Bertz CT molecular complexity index is 515. The molecular formula is C16H25N3OS. The van der Waals surface area contributed by atoms with Crippen LogP contribution in [0.2, 0.25) is 0 Å². The van der Waals surface area contributed by atoms with Crippen molar-refractivity contribution in [3.05, 3.63) is 21.9 Å². The third-order valence-electron chi connectivity index (χ3n) is 4.93. The maximum absolute atomic E-state index is 12.4. The second-order valence-corrected chi connectivity index (χ2v) is 7.73. The summed E-state index contributed by atoms with van der Waals surface area (Å²) in [5.41, 5.74) is 7.43. The minimum Gasteiger partial charge on any atom is -0.338 e. The van der Waals surface area contributed by atoms with Gasteiger partial charge in [0.1, 0.15) is 0 Å². The lowest BCUT2D eigenvalue weighted by molar-refractivity contribution is -0.132. The van der Waals surface area contributed by atoms with E-state index in [0.717, 1.165) is 52.1 Å². The maximum Gasteiger partial charge on any atom is 0.224 e. The second kappa shape index (κ2) is 6.07. The molecule has 4 nitrogen and oxygen atoms in total. The molecule has 1 amide bonds. The predicted octanol–water partition coefficient (Wildman–Crippen LogP) is 1.69. The maximum atomic E-state index is 12.4. The summed E-state index contributed by atoms with van der Waals surface area (Å²) in [4.78, 5) is 18.3. The van der Waals surface area contributed by atoms with Gasteiger partial charge in [-0.15, -0.1) is 11.3 Å². The molecule has 0 spiro atoms. The fourth-order valence-electron chi connectivity index (χ4n) is 3.36. The number of nitrogens with two attached hydrogens (primary N) is 1. The van der Waals surface area contributed by atoms with E-state index in [9.17, 15) is 4.79 Å². The number of hydrogen-bond donors (Lipinski definition) is 1. The summed E-state index contributed by atoms with van der Waals surface area (Å²) in [7, 11) is 0. The van der Waals surface area contributed by atoms with Crippen LogP contribution in [0, 0.1) is 5.41 Å². The first-order chi connectivity index (χ1) is 10.1. The molecule has 2 N–H and O–H groups in total. The number of fused-ring (bicyclic) bond motifs is 1. The zero-order valence-corrected chi connectivity index (χ0v) is 13.6. The normalized spacial score (nSPS) is 26.1. The number of nitrogens with zero attached hydrogens (tertiary/aromatic N) is 2. The van der Waals surface area contributed by atoms with E-state index in [-0.39, 0.29) is 5.41 Å². The summed E-state index contributed by atoms with van der Waals surface area (Å²) in [5, 5.41) is 2.14. The summed E-state index contributed by atoms with van der Waals surface area (Å²) in [6.07, 6.45) is 2.81. The van der Waals surface area contributed by atoms with Gasteiger partial charge in [-0.25, -0.2) is 0 Å². The molecule has 5 heteroatoms. The average molecular weight is 307 g/mol. The fraction of sp³-hybridized carbons (Fsp3) is 0.688. The van der Waals surface area contributed by atoms with Crippen LogP contribution in [-0.4, -0.2) is 48.4 Å². The van der Waals surface area contributed by atoms with Crippen LogP contribution in [0.4, 0.5) is 0 Å². The van der Waals surface area contributed by atoms with Crippen molar-refractivity contribution in [2.45, 2.75) is 32.7 Å². The predicted molar refractivity (Wildman–Crippen MR) is 86.3 cm³/mol. The first kappa shape index (κ1) is 15.0. The van der Waals surface area contributed by atoms with Gasteiger partial charge in [0.2, 0.25) is 5.91 Å². The van der Waals surface area contributed by atoms with Gasteiger partial charge in [-0.1, -0.05) is 6.92 Å². The highest BCUT2D eigenvalue weighted by Gasteiger charge is 2.32. The van der Waals surface area contributed by atoms with Crippen molar-refractivity contribution in [3.8, 4) is 0 Å². The van der Waals surface area contributed by atoms with Gasteiger partial charge in [0.15, 0.2) is 0 Å². The Morgan fingerprint density at radius 3 is 3.10 bits per heavy atom. The van der Waals surface area contributed by atoms with Crippen LogP contribution in [0.15, 0.2) is 11.4 Å². The highest BCUT2D eigenvalue weighted by atomic mass is 32.1. The van der Waals surface area contributed by atoms with Crippen LogP contribution < -0.4 is 5.73 Å². The summed E-state index contributed by atoms with van der Waals surface area (Å²) in [6.45, 7) is 7.66. The Morgan fingerprint density at radius 1 is 1.48 bits per heavy atom. The number of carbonyl (C=O) groups excluding carboxylic acids is 1. The zero-order valence-electron chi connectivity index (χ0n) is 12.8. The van der Waals surface area contributed by atoms with E-state index < -0.39 is 0 Å². The van der Waals surface area contributed by atoms with E-state index in [4.69, 9.17) is 5.73 Å². The standard InChI is InChI=1S/C16H25N3OS/c1-16(11-17)5-8-18(12-16)6-3-15(20)19-7-2-14-13(10-19)4-9-21-14/h4,9H,2-3,5-8,10-12,17H2,1H3. The van der Waals surface area contributed by atoms with Gasteiger partial charge in [-0.3, -0.25) is 4.79 Å². The summed E-state index contributed by atoms with van der Waals surface area (Å²) < 4.78 is 0. The number of likely N-dealkylation sites (tertiary alicyclic amines) is 1. The Kier molecular flexibility index (Phi) is 4.33. The molecule has 21 heavy (non-hydrogen) atoms. The van der Waals surface area contributed by atoms with Gasteiger partial charge >= 0.3 is 0 Å². The molecule has 0 aromatic carbocycles. The summed E-state index contributed by atoms with van der Waals surface area (Å²) in [5.74, 6) is 0.299. The lowest BCUT2D eigenvalue weighted by Gasteiger charge is -2.28. The van der Waals surface area contributed by atoms with Crippen molar-refractivity contribution in [1.29, 1.82) is 0 Å². The van der Waals surface area contributed by atoms with Crippen molar-refractivity contribution in [3.63, 3.8) is 0 Å². The van der Waals surface area contributed by atoms with E-state index in [1.807, 2.05) is 16.2 Å². The monoisotopic (exact) mass is 307 g/mol. The molecule has 3 rings (SSSR count). The minimum atomic E-state index is 0.250. The topological polar surface area (TPSA) is 49.6 Å². The molecule has 1 atom stereocenters. The summed E-state index contributed by atoms with van der Waals surface area (Å²) in [6, 6.07) is 2.16. The van der Waals surface area contributed by atoms with Gasteiger partial charge in [0.05, 0.1) is 0 Å². The lowest BCUT2D eigenvalue weighted by Crippen LogP contribution is -2.38. The average Bonchev–Trinajstić information content (AvgIpc) is 3.11. The van der Waals surface area contributed by atoms with Crippen LogP contribution >= 0.6 is 11.3 Å². The smallest absolute Gasteiger partial charge is 0.224 e. The lowest BCUT2D eigenvalue weighted by atomic mass is 9.90. The van der Waals surface area contributed by atoms with Gasteiger partial charge < -0.3 is 15.5 Å². The van der Waals surface area contributed by atoms with Gasteiger partial charge in [0, 0.05) is 37.5 Å². The van der Waals surface area contributed by atoms with Crippen molar-refractivity contribution in [1.82, 2.24) is 9.80 Å². The van der Waals surface area contributed by atoms with E-state index in [2.05, 4.69) is 23.3 Å². The van der Waals surface area contributed by atoms with Gasteiger partial charge in [-0.05, 0) is 48.4 Å². The molecule has 116 valence electrons. The zero-order chi connectivity index (χ0) is 14.9. The molecule has 0 aliphatic carbocycles. The molecule has 0 saturated carbocycles. The van der Waals surface area contributed by atoms with E-state index in [0.29, 0.717) is 12.3 Å². The molecule has 1 aromatic heterocycles. The highest BCUT2D eigenvalue weighted by Crippen LogP contribution is 2.29. The molecule has 1 aromatic rings. The molecule has 0 radical (unpaired) electrons. The number of rotatable bonds is 4. The third kappa shape index (κ3) is 3.30.